The van der Waals surface area contributed by atoms with Crippen LogP contribution in [-0.2, 0) is 17.9 Å². The van der Waals surface area contributed by atoms with Gasteiger partial charge < -0.3 is 19.4 Å². The van der Waals surface area contributed by atoms with Crippen LogP contribution in [0.2, 0.25) is 0 Å². The van der Waals surface area contributed by atoms with E-state index in [4.69, 9.17) is 9.15 Å². The molecular formula is C23H20N4O5S. The molecule has 0 bridgehead atoms. The van der Waals surface area contributed by atoms with Crippen molar-refractivity contribution in [3.8, 4) is 0 Å². The van der Waals surface area contributed by atoms with Crippen molar-refractivity contribution in [2.24, 2.45) is 0 Å². The Labute approximate surface area is 192 Å². The summed E-state index contributed by atoms with van der Waals surface area (Å²) in [6, 6.07) is 11.9. The molecule has 0 saturated heterocycles. The van der Waals surface area contributed by atoms with Gasteiger partial charge in [0, 0.05) is 24.3 Å². The molecule has 10 heteroatoms. The summed E-state index contributed by atoms with van der Waals surface area (Å²) in [6.45, 7) is 2.40. The topological polar surface area (TPSA) is 111 Å². The molecule has 0 radical (unpaired) electrons. The highest BCUT2D eigenvalue weighted by molar-refractivity contribution is 7.21. The Morgan fingerprint density at radius 2 is 2.12 bits per heavy atom. The van der Waals surface area contributed by atoms with Crippen LogP contribution in [0.15, 0.2) is 53.1 Å². The van der Waals surface area contributed by atoms with Gasteiger partial charge in [0.15, 0.2) is 0 Å². The number of aryl methyl sites for hydroxylation is 1. The number of methoxy groups -OCH3 is 1. The first kappa shape index (κ1) is 21.1. The zero-order valence-electron chi connectivity index (χ0n) is 17.9. The maximum atomic E-state index is 13.8. The Morgan fingerprint density at radius 3 is 2.85 bits per heavy atom. The SMILES string of the molecule is COCc1cc(C)nc2sc3c(c12)N[C@H](c1ccccc1[N+](=O)[O-])N(Cc1ccco1)C3=O. The molecule has 33 heavy (non-hydrogen) atoms. The van der Waals surface area contributed by atoms with E-state index >= 15 is 0 Å². The van der Waals surface area contributed by atoms with Crippen LogP contribution >= 0.6 is 11.3 Å². The average molecular weight is 465 g/mol. The average Bonchev–Trinajstić information content (AvgIpc) is 3.43. The zero-order chi connectivity index (χ0) is 23.1. The largest absolute Gasteiger partial charge is 0.467 e. The number of pyridine rings is 1. The molecule has 0 fully saturated rings. The van der Waals surface area contributed by atoms with Crippen molar-refractivity contribution in [2.45, 2.75) is 26.2 Å². The Balaban J connectivity index is 1.71. The summed E-state index contributed by atoms with van der Waals surface area (Å²) in [5.74, 6) is 0.333. The van der Waals surface area contributed by atoms with E-state index in [1.807, 2.05) is 13.0 Å². The Bertz CT molecular complexity index is 1360. The third kappa shape index (κ3) is 3.62. The van der Waals surface area contributed by atoms with E-state index in [-0.39, 0.29) is 18.1 Å². The van der Waals surface area contributed by atoms with Crippen LogP contribution in [0.3, 0.4) is 0 Å². The molecule has 1 amide bonds. The highest BCUT2D eigenvalue weighted by Gasteiger charge is 2.39. The monoisotopic (exact) mass is 464 g/mol. The number of hydrogen-bond acceptors (Lipinski definition) is 8. The summed E-state index contributed by atoms with van der Waals surface area (Å²) < 4.78 is 10.9. The molecule has 1 aliphatic heterocycles. The van der Waals surface area contributed by atoms with Gasteiger partial charge in [-0.1, -0.05) is 12.1 Å². The maximum Gasteiger partial charge on any atom is 0.276 e. The van der Waals surface area contributed by atoms with Crippen molar-refractivity contribution in [1.29, 1.82) is 0 Å². The lowest BCUT2D eigenvalue weighted by molar-refractivity contribution is -0.385. The molecule has 0 saturated carbocycles. The van der Waals surface area contributed by atoms with Crippen LogP contribution in [0.25, 0.3) is 10.2 Å². The minimum Gasteiger partial charge on any atom is -0.467 e. The fraction of sp³-hybridized carbons (Fsp3) is 0.217. The van der Waals surface area contributed by atoms with Crippen LogP contribution in [-0.4, -0.2) is 27.8 Å². The highest BCUT2D eigenvalue weighted by Crippen LogP contribution is 2.45. The van der Waals surface area contributed by atoms with Gasteiger partial charge >= 0.3 is 0 Å². The highest BCUT2D eigenvalue weighted by atomic mass is 32.1. The number of thiophene rings is 1. The van der Waals surface area contributed by atoms with E-state index in [9.17, 15) is 14.9 Å². The molecule has 4 heterocycles. The quantitative estimate of drug-likeness (QED) is 0.315. The van der Waals surface area contributed by atoms with Gasteiger partial charge in [0.25, 0.3) is 11.6 Å². The number of benzene rings is 1. The number of hydrogen-bond donors (Lipinski definition) is 1. The number of carbonyl (C=O) groups excluding carboxylic acids is 1. The molecule has 3 aromatic heterocycles. The number of aromatic nitrogens is 1. The molecule has 0 aliphatic carbocycles. The number of nitro benzene ring substituents is 1. The third-order valence-electron chi connectivity index (χ3n) is 5.55. The van der Waals surface area contributed by atoms with Gasteiger partial charge in [0.1, 0.15) is 21.6 Å². The van der Waals surface area contributed by atoms with Crippen molar-refractivity contribution in [3.63, 3.8) is 0 Å². The first-order valence-electron chi connectivity index (χ1n) is 10.2. The van der Waals surface area contributed by atoms with Gasteiger partial charge in [-0.25, -0.2) is 4.98 Å². The smallest absolute Gasteiger partial charge is 0.276 e. The number of ether oxygens (including phenoxy) is 1. The zero-order valence-corrected chi connectivity index (χ0v) is 18.7. The Morgan fingerprint density at radius 1 is 1.30 bits per heavy atom. The molecule has 168 valence electrons. The minimum absolute atomic E-state index is 0.0682. The molecule has 1 atom stereocenters. The number of para-hydroxylation sites is 1. The van der Waals surface area contributed by atoms with Crippen LogP contribution in [0.4, 0.5) is 11.4 Å². The first-order valence-corrected chi connectivity index (χ1v) is 11.0. The normalized spacial score (nSPS) is 15.5. The molecule has 1 aromatic carbocycles. The lowest BCUT2D eigenvalue weighted by Crippen LogP contribution is -2.42. The number of nitro groups is 1. The van der Waals surface area contributed by atoms with Gasteiger partial charge in [0.05, 0.1) is 35.6 Å². The molecule has 0 unspecified atom stereocenters. The first-order chi connectivity index (χ1) is 16.0. The van der Waals surface area contributed by atoms with E-state index in [0.717, 1.165) is 16.6 Å². The second-order valence-electron chi connectivity index (χ2n) is 7.72. The van der Waals surface area contributed by atoms with Crippen molar-refractivity contribution in [3.05, 3.63) is 86.3 Å². The summed E-state index contributed by atoms with van der Waals surface area (Å²) in [5, 5.41) is 16.0. The predicted molar refractivity (Wildman–Crippen MR) is 123 cm³/mol. The number of fused-ring (bicyclic) bond motifs is 3. The fourth-order valence-corrected chi connectivity index (χ4v) is 5.38. The summed E-state index contributed by atoms with van der Waals surface area (Å²) in [4.78, 5) is 32.5. The second kappa shape index (κ2) is 8.30. The van der Waals surface area contributed by atoms with E-state index in [2.05, 4.69) is 10.3 Å². The van der Waals surface area contributed by atoms with Crippen LogP contribution < -0.4 is 5.32 Å². The summed E-state index contributed by atoms with van der Waals surface area (Å²) in [6.07, 6.45) is 0.761. The van der Waals surface area contributed by atoms with E-state index < -0.39 is 11.1 Å². The van der Waals surface area contributed by atoms with Crippen LogP contribution in [0.5, 0.6) is 0 Å². The van der Waals surface area contributed by atoms with Crippen molar-refractivity contribution < 1.29 is 18.9 Å². The molecule has 5 rings (SSSR count). The lowest BCUT2D eigenvalue weighted by atomic mass is 10.0. The second-order valence-corrected chi connectivity index (χ2v) is 8.72. The number of anilines is 1. The maximum absolute atomic E-state index is 13.8. The van der Waals surface area contributed by atoms with E-state index in [0.29, 0.717) is 33.3 Å². The summed E-state index contributed by atoms with van der Waals surface area (Å²) >= 11 is 1.30. The van der Waals surface area contributed by atoms with E-state index in [1.165, 1.54) is 23.7 Å². The van der Waals surface area contributed by atoms with Crippen LogP contribution in [0.1, 0.15) is 38.4 Å². The molecule has 9 nitrogen and oxygen atoms in total. The molecule has 0 spiro atoms. The summed E-state index contributed by atoms with van der Waals surface area (Å²) in [7, 11) is 1.61. The Hall–Kier alpha value is -3.76. The van der Waals surface area contributed by atoms with Gasteiger partial charge in [0.2, 0.25) is 0 Å². The number of nitrogens with one attached hydrogen (secondary N) is 1. The summed E-state index contributed by atoms with van der Waals surface area (Å²) in [5.41, 5.74) is 2.67. The predicted octanol–water partition coefficient (Wildman–Crippen LogP) is 5.02. The number of amides is 1. The molecule has 1 N–H and O–H groups in total. The molecular weight excluding hydrogens is 444 g/mol. The van der Waals surface area contributed by atoms with E-state index in [1.54, 1.807) is 42.3 Å². The fourth-order valence-electron chi connectivity index (χ4n) is 4.20. The number of nitrogens with zero attached hydrogens (tertiary/aromatic N) is 3. The third-order valence-corrected chi connectivity index (χ3v) is 6.63. The molecule has 4 aromatic rings. The van der Waals surface area contributed by atoms with Crippen molar-refractivity contribution in [1.82, 2.24) is 9.88 Å². The standard InChI is InChI=1S/C23H20N4O5S/c1-13-10-14(12-31-2)18-19-20(33-22(18)24-13)23(28)26(11-15-6-5-9-32-15)21(25-19)16-7-3-4-8-17(16)27(29)30/h3-10,21,25H,11-12H2,1-2H3/t21-/m0/s1. The number of carbonyl (C=O) groups is 1. The van der Waals surface area contributed by atoms with Gasteiger partial charge in [-0.3, -0.25) is 14.9 Å². The van der Waals surface area contributed by atoms with Gasteiger partial charge in [-0.2, -0.15) is 0 Å². The van der Waals surface area contributed by atoms with Crippen molar-refractivity contribution in [2.75, 3.05) is 12.4 Å². The molecule has 1 aliphatic rings. The van der Waals surface area contributed by atoms with Gasteiger partial charge in [-0.15, -0.1) is 11.3 Å². The van der Waals surface area contributed by atoms with Crippen molar-refractivity contribution >= 4 is 38.8 Å². The van der Waals surface area contributed by atoms with Gasteiger partial charge in [-0.05, 0) is 36.8 Å². The number of rotatable bonds is 6. The number of furan rings is 1. The van der Waals surface area contributed by atoms with Crippen LogP contribution in [0, 0.1) is 17.0 Å². The Kier molecular flexibility index (Phi) is 5.31. The lowest BCUT2D eigenvalue weighted by Gasteiger charge is -2.36. The minimum atomic E-state index is -0.772.